The Kier molecular flexibility index (Phi) is 3.91. The van der Waals surface area contributed by atoms with Crippen molar-refractivity contribution < 1.29 is 4.52 Å². The SMILES string of the molecule is CC.CCc1cc(-c2ncc[nH]2)no1. The molecule has 2 aromatic heterocycles. The highest BCUT2D eigenvalue weighted by Gasteiger charge is 2.05. The Hall–Kier alpha value is -1.58. The van der Waals surface area contributed by atoms with Gasteiger partial charge in [-0.3, -0.25) is 0 Å². The highest BCUT2D eigenvalue weighted by Crippen LogP contribution is 2.13. The first-order valence-corrected chi connectivity index (χ1v) is 4.85. The molecule has 2 rings (SSSR count). The lowest BCUT2D eigenvalue weighted by Crippen LogP contribution is -1.77. The maximum atomic E-state index is 5.03. The van der Waals surface area contributed by atoms with Crippen LogP contribution < -0.4 is 0 Å². The van der Waals surface area contributed by atoms with Crippen molar-refractivity contribution in [3.05, 3.63) is 24.2 Å². The fourth-order valence-corrected chi connectivity index (χ4v) is 0.997. The summed E-state index contributed by atoms with van der Waals surface area (Å²) >= 11 is 0. The van der Waals surface area contributed by atoms with Gasteiger partial charge in [-0.15, -0.1) is 0 Å². The fraction of sp³-hybridized carbons (Fsp3) is 0.400. The Morgan fingerprint density at radius 1 is 1.43 bits per heavy atom. The normalized spacial score (nSPS) is 9.36. The number of H-pyrrole nitrogens is 1. The van der Waals surface area contributed by atoms with Gasteiger partial charge in [-0.25, -0.2) is 4.98 Å². The van der Waals surface area contributed by atoms with Gasteiger partial charge in [-0.2, -0.15) is 0 Å². The summed E-state index contributed by atoms with van der Waals surface area (Å²) in [7, 11) is 0. The zero-order valence-corrected chi connectivity index (χ0v) is 8.74. The molecule has 14 heavy (non-hydrogen) atoms. The van der Waals surface area contributed by atoms with E-state index in [0.29, 0.717) is 0 Å². The minimum Gasteiger partial charge on any atom is -0.361 e. The lowest BCUT2D eigenvalue weighted by Gasteiger charge is -1.82. The summed E-state index contributed by atoms with van der Waals surface area (Å²) < 4.78 is 5.03. The van der Waals surface area contributed by atoms with E-state index in [2.05, 4.69) is 15.1 Å². The maximum absolute atomic E-state index is 5.03. The van der Waals surface area contributed by atoms with Gasteiger partial charge in [0.05, 0.1) is 0 Å². The number of hydrogen-bond donors (Lipinski definition) is 1. The van der Waals surface area contributed by atoms with Crippen molar-refractivity contribution in [2.45, 2.75) is 27.2 Å². The van der Waals surface area contributed by atoms with E-state index in [1.165, 1.54) is 0 Å². The molecular formula is C10H15N3O. The molecular weight excluding hydrogens is 178 g/mol. The average molecular weight is 193 g/mol. The molecule has 0 saturated heterocycles. The van der Waals surface area contributed by atoms with E-state index in [1.807, 2.05) is 26.8 Å². The Bertz CT molecular complexity index is 351. The third-order valence-electron chi connectivity index (χ3n) is 1.65. The monoisotopic (exact) mass is 193 g/mol. The predicted molar refractivity (Wildman–Crippen MR) is 54.8 cm³/mol. The molecule has 2 heterocycles. The van der Waals surface area contributed by atoms with Crippen molar-refractivity contribution in [3.8, 4) is 11.5 Å². The van der Waals surface area contributed by atoms with Crippen molar-refractivity contribution in [2.24, 2.45) is 0 Å². The summed E-state index contributed by atoms with van der Waals surface area (Å²) in [6.07, 6.45) is 4.30. The van der Waals surface area contributed by atoms with Gasteiger partial charge in [0.1, 0.15) is 11.5 Å². The van der Waals surface area contributed by atoms with E-state index in [1.54, 1.807) is 12.4 Å². The van der Waals surface area contributed by atoms with Crippen LogP contribution in [0.2, 0.25) is 0 Å². The standard InChI is InChI=1S/C8H9N3O.C2H6/c1-2-6-5-7(11-12-6)8-9-3-4-10-8;1-2/h3-5H,2H2,1H3,(H,9,10);1-2H3. The number of hydrogen-bond acceptors (Lipinski definition) is 3. The summed E-state index contributed by atoms with van der Waals surface area (Å²) in [5.74, 6) is 1.62. The van der Waals surface area contributed by atoms with Crippen molar-refractivity contribution in [2.75, 3.05) is 0 Å². The van der Waals surface area contributed by atoms with E-state index >= 15 is 0 Å². The van der Waals surface area contributed by atoms with Crippen LogP contribution in [0.15, 0.2) is 23.0 Å². The number of rotatable bonds is 2. The number of nitrogens with zero attached hydrogens (tertiary/aromatic N) is 2. The molecule has 76 valence electrons. The molecule has 0 aliphatic heterocycles. The van der Waals surface area contributed by atoms with Crippen LogP contribution in [0, 0.1) is 0 Å². The number of aromatic nitrogens is 3. The van der Waals surface area contributed by atoms with Gasteiger partial charge < -0.3 is 9.51 Å². The van der Waals surface area contributed by atoms with E-state index in [-0.39, 0.29) is 0 Å². The lowest BCUT2D eigenvalue weighted by atomic mass is 10.3. The summed E-state index contributed by atoms with van der Waals surface area (Å²) in [5, 5.41) is 3.86. The average Bonchev–Trinajstić information content (AvgIpc) is 2.91. The largest absolute Gasteiger partial charge is 0.361 e. The smallest absolute Gasteiger partial charge is 0.159 e. The summed E-state index contributed by atoms with van der Waals surface area (Å²) in [5.41, 5.74) is 0.761. The van der Waals surface area contributed by atoms with Crippen LogP contribution in [0.3, 0.4) is 0 Å². The van der Waals surface area contributed by atoms with Crippen LogP contribution in [0.25, 0.3) is 11.5 Å². The zero-order valence-electron chi connectivity index (χ0n) is 8.74. The van der Waals surface area contributed by atoms with Crippen LogP contribution in [0.4, 0.5) is 0 Å². The first-order chi connectivity index (χ1) is 6.90. The molecule has 0 aromatic carbocycles. The highest BCUT2D eigenvalue weighted by molar-refractivity contribution is 5.47. The van der Waals surface area contributed by atoms with Crippen LogP contribution in [-0.4, -0.2) is 15.1 Å². The molecule has 0 fully saturated rings. The molecule has 2 aromatic rings. The second-order valence-electron chi connectivity index (χ2n) is 2.47. The van der Waals surface area contributed by atoms with E-state index in [9.17, 15) is 0 Å². The van der Waals surface area contributed by atoms with Gasteiger partial charge in [-0.1, -0.05) is 25.9 Å². The lowest BCUT2D eigenvalue weighted by molar-refractivity contribution is 0.388. The molecule has 0 aliphatic rings. The van der Waals surface area contributed by atoms with E-state index < -0.39 is 0 Å². The van der Waals surface area contributed by atoms with Gasteiger partial charge in [-0.05, 0) is 0 Å². The Morgan fingerprint density at radius 3 is 2.71 bits per heavy atom. The number of imidazole rings is 1. The Labute approximate surface area is 83.3 Å². The summed E-state index contributed by atoms with van der Waals surface area (Å²) in [6, 6.07) is 1.89. The second kappa shape index (κ2) is 5.21. The molecule has 4 nitrogen and oxygen atoms in total. The molecule has 0 aliphatic carbocycles. The van der Waals surface area contributed by atoms with Gasteiger partial charge in [0.15, 0.2) is 5.82 Å². The number of nitrogens with one attached hydrogen (secondary N) is 1. The number of aromatic amines is 1. The molecule has 4 heteroatoms. The molecule has 0 amide bonds. The van der Waals surface area contributed by atoms with E-state index in [4.69, 9.17) is 4.52 Å². The van der Waals surface area contributed by atoms with Crippen molar-refractivity contribution in [1.29, 1.82) is 0 Å². The quantitative estimate of drug-likeness (QED) is 0.797. The predicted octanol–water partition coefficient (Wildman–Crippen LogP) is 2.65. The molecule has 0 spiro atoms. The van der Waals surface area contributed by atoms with Crippen LogP contribution in [0.5, 0.6) is 0 Å². The maximum Gasteiger partial charge on any atom is 0.159 e. The summed E-state index contributed by atoms with van der Waals surface area (Å²) in [6.45, 7) is 6.02. The minimum atomic E-state index is 0.749. The number of aryl methyl sites for hydroxylation is 1. The Balaban J connectivity index is 0.000000461. The van der Waals surface area contributed by atoms with Gasteiger partial charge in [0.2, 0.25) is 0 Å². The van der Waals surface area contributed by atoms with Crippen LogP contribution in [0.1, 0.15) is 26.5 Å². The van der Waals surface area contributed by atoms with Crippen molar-refractivity contribution in [3.63, 3.8) is 0 Å². The molecule has 0 unspecified atom stereocenters. The Morgan fingerprint density at radius 2 is 2.21 bits per heavy atom. The van der Waals surface area contributed by atoms with Gasteiger partial charge >= 0.3 is 0 Å². The minimum absolute atomic E-state index is 0.749. The zero-order chi connectivity index (χ0) is 10.4. The van der Waals surface area contributed by atoms with Crippen molar-refractivity contribution >= 4 is 0 Å². The fourth-order valence-electron chi connectivity index (χ4n) is 0.997. The van der Waals surface area contributed by atoms with Gasteiger partial charge in [0.25, 0.3) is 0 Å². The summed E-state index contributed by atoms with van der Waals surface area (Å²) in [4.78, 5) is 7.01. The van der Waals surface area contributed by atoms with Crippen molar-refractivity contribution in [1.82, 2.24) is 15.1 Å². The van der Waals surface area contributed by atoms with Crippen LogP contribution >= 0.6 is 0 Å². The molecule has 1 N–H and O–H groups in total. The van der Waals surface area contributed by atoms with Gasteiger partial charge in [0, 0.05) is 24.9 Å². The second-order valence-corrected chi connectivity index (χ2v) is 2.47. The first kappa shape index (κ1) is 10.5. The highest BCUT2D eigenvalue weighted by atomic mass is 16.5. The topological polar surface area (TPSA) is 54.7 Å². The molecule has 0 radical (unpaired) electrons. The third kappa shape index (κ3) is 2.22. The first-order valence-electron chi connectivity index (χ1n) is 4.85. The molecule has 0 atom stereocenters. The molecule has 0 saturated carbocycles. The van der Waals surface area contributed by atoms with Crippen LogP contribution in [-0.2, 0) is 6.42 Å². The van der Waals surface area contributed by atoms with E-state index in [0.717, 1.165) is 23.7 Å². The molecule has 0 bridgehead atoms. The third-order valence-corrected chi connectivity index (χ3v) is 1.65.